The van der Waals surface area contributed by atoms with Crippen LogP contribution in [0.2, 0.25) is 0 Å². The quantitative estimate of drug-likeness (QED) is 0.471. The Hall–Kier alpha value is -3.35. The Bertz CT molecular complexity index is 923. The summed E-state index contributed by atoms with van der Waals surface area (Å²) in [6, 6.07) is 10.7. The standard InChI is InChI=1S/C19H11F4N3/c20-12-4-6-16(22)18(8-12)24-10-14-2-1-3-15(26-14)11-25-19-9-13(21)5-7-17(19)23/h1-11H. The third-order valence-corrected chi connectivity index (χ3v) is 3.28. The molecule has 0 unspecified atom stereocenters. The minimum atomic E-state index is -0.665. The Labute approximate surface area is 146 Å². The number of benzene rings is 2. The molecule has 0 aliphatic heterocycles. The summed E-state index contributed by atoms with van der Waals surface area (Å²) < 4.78 is 53.3. The second kappa shape index (κ2) is 7.69. The molecular weight excluding hydrogens is 346 g/mol. The molecule has 0 aliphatic carbocycles. The lowest BCUT2D eigenvalue weighted by atomic mass is 10.3. The predicted molar refractivity (Wildman–Crippen MR) is 91.5 cm³/mol. The van der Waals surface area contributed by atoms with E-state index in [0.29, 0.717) is 11.4 Å². The van der Waals surface area contributed by atoms with Crippen LogP contribution in [0.15, 0.2) is 64.6 Å². The van der Waals surface area contributed by atoms with Crippen LogP contribution in [-0.4, -0.2) is 17.4 Å². The fraction of sp³-hybridized carbons (Fsp3) is 0. The molecule has 0 fully saturated rings. The first-order chi connectivity index (χ1) is 12.5. The molecule has 0 saturated carbocycles. The molecule has 2 aromatic carbocycles. The van der Waals surface area contributed by atoms with Crippen molar-refractivity contribution in [3.8, 4) is 0 Å². The Morgan fingerprint density at radius 1 is 0.654 bits per heavy atom. The van der Waals surface area contributed by atoms with Gasteiger partial charge in [0.25, 0.3) is 0 Å². The van der Waals surface area contributed by atoms with Crippen LogP contribution in [0.3, 0.4) is 0 Å². The van der Waals surface area contributed by atoms with E-state index in [0.717, 1.165) is 36.4 Å². The summed E-state index contributed by atoms with van der Waals surface area (Å²) in [5, 5.41) is 0. The van der Waals surface area contributed by atoms with Crippen LogP contribution in [0.5, 0.6) is 0 Å². The summed E-state index contributed by atoms with van der Waals surface area (Å²) in [7, 11) is 0. The lowest BCUT2D eigenvalue weighted by Gasteiger charge is -1.99. The van der Waals surface area contributed by atoms with Gasteiger partial charge in [0.15, 0.2) is 0 Å². The van der Waals surface area contributed by atoms with Gasteiger partial charge in [0.2, 0.25) is 0 Å². The monoisotopic (exact) mass is 357 g/mol. The largest absolute Gasteiger partial charge is 0.251 e. The van der Waals surface area contributed by atoms with Gasteiger partial charge in [-0.05, 0) is 36.4 Å². The van der Waals surface area contributed by atoms with Gasteiger partial charge < -0.3 is 0 Å². The second-order valence-corrected chi connectivity index (χ2v) is 5.20. The third-order valence-electron chi connectivity index (χ3n) is 3.28. The normalized spacial score (nSPS) is 11.5. The van der Waals surface area contributed by atoms with Crippen LogP contribution >= 0.6 is 0 Å². The van der Waals surface area contributed by atoms with Gasteiger partial charge in [0, 0.05) is 12.1 Å². The molecule has 0 N–H and O–H groups in total. The number of nitrogens with zero attached hydrogens (tertiary/aromatic N) is 3. The number of pyridine rings is 1. The van der Waals surface area contributed by atoms with E-state index in [1.165, 1.54) is 12.4 Å². The van der Waals surface area contributed by atoms with Crippen LogP contribution in [0.25, 0.3) is 0 Å². The zero-order chi connectivity index (χ0) is 18.5. The van der Waals surface area contributed by atoms with Crippen molar-refractivity contribution < 1.29 is 17.6 Å². The van der Waals surface area contributed by atoms with Gasteiger partial charge in [0.05, 0.1) is 23.8 Å². The number of rotatable bonds is 4. The highest BCUT2D eigenvalue weighted by Gasteiger charge is 2.03. The summed E-state index contributed by atoms with van der Waals surface area (Å²) in [6.45, 7) is 0. The highest BCUT2D eigenvalue weighted by molar-refractivity contribution is 5.84. The number of halogens is 4. The van der Waals surface area contributed by atoms with Crippen molar-refractivity contribution >= 4 is 23.8 Å². The molecule has 3 nitrogen and oxygen atoms in total. The van der Waals surface area contributed by atoms with Crippen LogP contribution in [0, 0.1) is 23.3 Å². The van der Waals surface area contributed by atoms with E-state index in [-0.39, 0.29) is 11.4 Å². The maximum atomic E-state index is 13.5. The van der Waals surface area contributed by atoms with Crippen LogP contribution in [0.4, 0.5) is 28.9 Å². The number of aromatic nitrogens is 1. The maximum absolute atomic E-state index is 13.5. The van der Waals surface area contributed by atoms with Gasteiger partial charge in [-0.3, -0.25) is 9.98 Å². The summed E-state index contributed by atoms with van der Waals surface area (Å²) in [6.07, 6.45) is 2.52. The van der Waals surface area contributed by atoms with Crippen molar-refractivity contribution in [3.63, 3.8) is 0 Å². The molecule has 0 saturated heterocycles. The molecule has 0 spiro atoms. The summed E-state index contributed by atoms with van der Waals surface area (Å²) in [5.74, 6) is -2.54. The highest BCUT2D eigenvalue weighted by Crippen LogP contribution is 2.19. The number of aliphatic imine (C=N–C) groups is 2. The van der Waals surface area contributed by atoms with E-state index in [2.05, 4.69) is 15.0 Å². The van der Waals surface area contributed by atoms with E-state index < -0.39 is 23.3 Å². The van der Waals surface area contributed by atoms with Crippen molar-refractivity contribution in [2.75, 3.05) is 0 Å². The molecule has 0 aliphatic rings. The van der Waals surface area contributed by atoms with Crippen molar-refractivity contribution in [1.29, 1.82) is 0 Å². The molecule has 130 valence electrons. The third kappa shape index (κ3) is 4.38. The highest BCUT2D eigenvalue weighted by atomic mass is 19.1. The van der Waals surface area contributed by atoms with E-state index in [1.807, 2.05) is 0 Å². The maximum Gasteiger partial charge on any atom is 0.149 e. The molecule has 26 heavy (non-hydrogen) atoms. The summed E-state index contributed by atoms with van der Waals surface area (Å²) in [4.78, 5) is 11.9. The van der Waals surface area contributed by atoms with Gasteiger partial charge in [-0.1, -0.05) is 6.07 Å². The average Bonchev–Trinajstić information content (AvgIpc) is 2.63. The molecule has 0 bridgehead atoms. The number of hydrogen-bond donors (Lipinski definition) is 0. The fourth-order valence-electron chi connectivity index (χ4n) is 2.05. The molecule has 7 heteroatoms. The lowest BCUT2D eigenvalue weighted by molar-refractivity contribution is 0.602. The van der Waals surface area contributed by atoms with Crippen molar-refractivity contribution in [2.45, 2.75) is 0 Å². The van der Waals surface area contributed by atoms with E-state index in [1.54, 1.807) is 18.2 Å². The van der Waals surface area contributed by atoms with Crippen molar-refractivity contribution in [1.82, 2.24) is 4.98 Å². The first kappa shape index (κ1) is 17.5. The average molecular weight is 357 g/mol. The van der Waals surface area contributed by atoms with E-state index >= 15 is 0 Å². The SMILES string of the molecule is Fc1ccc(F)c(N=Cc2cccc(C=Nc3cc(F)ccc3F)n2)c1. The summed E-state index contributed by atoms with van der Waals surface area (Å²) >= 11 is 0. The van der Waals surface area contributed by atoms with E-state index in [4.69, 9.17) is 0 Å². The van der Waals surface area contributed by atoms with Crippen LogP contribution < -0.4 is 0 Å². The predicted octanol–water partition coefficient (Wildman–Crippen LogP) is 5.14. The Kier molecular flexibility index (Phi) is 5.17. The van der Waals surface area contributed by atoms with Crippen LogP contribution in [-0.2, 0) is 0 Å². The fourth-order valence-corrected chi connectivity index (χ4v) is 2.05. The summed E-state index contributed by atoms with van der Waals surface area (Å²) in [5.41, 5.74) is 0.398. The molecule has 1 aromatic heterocycles. The Morgan fingerprint density at radius 2 is 1.12 bits per heavy atom. The second-order valence-electron chi connectivity index (χ2n) is 5.20. The Morgan fingerprint density at radius 3 is 1.58 bits per heavy atom. The van der Waals surface area contributed by atoms with Gasteiger partial charge in [-0.15, -0.1) is 0 Å². The van der Waals surface area contributed by atoms with Crippen molar-refractivity contribution in [2.24, 2.45) is 9.98 Å². The van der Waals surface area contributed by atoms with Gasteiger partial charge in [-0.25, -0.2) is 22.5 Å². The Balaban J connectivity index is 1.82. The minimum absolute atomic E-state index is 0.160. The van der Waals surface area contributed by atoms with Crippen LogP contribution in [0.1, 0.15) is 11.4 Å². The van der Waals surface area contributed by atoms with Gasteiger partial charge >= 0.3 is 0 Å². The van der Waals surface area contributed by atoms with Crippen molar-refractivity contribution in [3.05, 3.63) is 89.3 Å². The molecule has 3 aromatic rings. The minimum Gasteiger partial charge on any atom is -0.251 e. The molecule has 0 radical (unpaired) electrons. The molecular formula is C19H11F4N3. The molecule has 3 rings (SSSR count). The van der Waals surface area contributed by atoms with E-state index in [9.17, 15) is 17.6 Å². The smallest absolute Gasteiger partial charge is 0.149 e. The van der Waals surface area contributed by atoms with Gasteiger partial charge in [-0.2, -0.15) is 0 Å². The first-order valence-corrected chi connectivity index (χ1v) is 7.46. The molecule has 1 heterocycles. The number of hydrogen-bond acceptors (Lipinski definition) is 3. The topological polar surface area (TPSA) is 37.6 Å². The zero-order valence-corrected chi connectivity index (χ0v) is 13.2. The lowest BCUT2D eigenvalue weighted by Crippen LogP contribution is -1.93. The first-order valence-electron chi connectivity index (χ1n) is 7.46. The van der Waals surface area contributed by atoms with Gasteiger partial charge in [0.1, 0.15) is 34.6 Å². The zero-order valence-electron chi connectivity index (χ0n) is 13.2. The molecule has 0 atom stereocenters. The molecule has 0 amide bonds.